The predicted octanol–water partition coefficient (Wildman–Crippen LogP) is 4.24. The summed E-state index contributed by atoms with van der Waals surface area (Å²) in [6, 6.07) is 4.86. The molecule has 0 unspecified atom stereocenters. The summed E-state index contributed by atoms with van der Waals surface area (Å²) in [6.07, 6.45) is -2.59. The first kappa shape index (κ1) is 27.2. The van der Waals surface area contributed by atoms with E-state index in [9.17, 15) is 36.6 Å². The first-order chi connectivity index (χ1) is 17.9. The Bertz CT molecular complexity index is 1280. The summed E-state index contributed by atoms with van der Waals surface area (Å²) in [6.45, 7) is 0.0951. The minimum absolute atomic E-state index is 0.0396. The van der Waals surface area contributed by atoms with Crippen LogP contribution in [0.15, 0.2) is 47.2 Å². The molecule has 0 bridgehead atoms. The molecule has 3 heterocycles. The number of para-hydroxylation sites is 1. The molecule has 1 amide bonds. The number of amides is 1. The highest BCUT2D eigenvalue weighted by molar-refractivity contribution is 5.93. The van der Waals surface area contributed by atoms with Crippen molar-refractivity contribution in [1.29, 1.82) is 0 Å². The molecule has 0 saturated carbocycles. The molecule has 3 aromatic rings. The predicted molar refractivity (Wildman–Crippen MR) is 123 cm³/mol. The molecule has 1 aromatic carbocycles. The van der Waals surface area contributed by atoms with Crippen molar-refractivity contribution in [3.8, 4) is 17.3 Å². The van der Waals surface area contributed by atoms with Crippen LogP contribution >= 0.6 is 0 Å². The third kappa shape index (κ3) is 6.54. The minimum Gasteiger partial charge on any atom is -0.481 e. The molecule has 9 nitrogen and oxygen atoms in total. The van der Waals surface area contributed by atoms with Crippen LogP contribution in [0.2, 0.25) is 0 Å². The highest BCUT2D eigenvalue weighted by Crippen LogP contribution is 2.35. The van der Waals surface area contributed by atoms with E-state index in [0.29, 0.717) is 13.0 Å². The molecule has 0 radical (unpaired) electrons. The Morgan fingerprint density at radius 1 is 1.24 bits per heavy atom. The van der Waals surface area contributed by atoms with Gasteiger partial charge in [0.1, 0.15) is 12.0 Å². The van der Waals surface area contributed by atoms with E-state index >= 15 is 0 Å². The number of benzene rings is 1. The van der Waals surface area contributed by atoms with Gasteiger partial charge in [0.05, 0.1) is 30.4 Å². The van der Waals surface area contributed by atoms with E-state index in [1.807, 2.05) is 0 Å². The van der Waals surface area contributed by atoms with Crippen LogP contribution in [0, 0.1) is 0 Å². The van der Waals surface area contributed by atoms with Gasteiger partial charge in [-0.1, -0.05) is 12.1 Å². The number of nitrogens with zero attached hydrogens (tertiary/aromatic N) is 4. The van der Waals surface area contributed by atoms with Crippen LogP contribution in [-0.2, 0) is 11.0 Å². The van der Waals surface area contributed by atoms with Gasteiger partial charge in [-0.3, -0.25) is 14.5 Å². The van der Waals surface area contributed by atoms with Crippen molar-refractivity contribution in [2.75, 3.05) is 19.6 Å². The highest BCUT2D eigenvalue weighted by atomic mass is 19.4. The number of carboxylic acid groups (broad SMARTS) is 1. The van der Waals surface area contributed by atoms with Crippen molar-refractivity contribution in [2.45, 2.75) is 43.8 Å². The largest absolute Gasteiger partial charge is 0.481 e. The molecular formula is C24H24F5N5O4. The van der Waals surface area contributed by atoms with Crippen LogP contribution < -0.4 is 5.32 Å². The molecule has 204 valence electrons. The fraction of sp³-hybridized carbons (Fsp3) is 0.417. The van der Waals surface area contributed by atoms with Crippen LogP contribution in [0.3, 0.4) is 0 Å². The van der Waals surface area contributed by atoms with Crippen molar-refractivity contribution in [3.05, 3.63) is 54.0 Å². The lowest BCUT2D eigenvalue weighted by Crippen LogP contribution is -2.45. The fourth-order valence-electron chi connectivity index (χ4n) is 4.35. The number of piperidine rings is 1. The number of hydrogen-bond donors (Lipinski definition) is 2. The third-order valence-electron chi connectivity index (χ3n) is 6.05. The van der Waals surface area contributed by atoms with Gasteiger partial charge in [-0.05, 0) is 31.5 Å². The Balaban J connectivity index is 1.59. The van der Waals surface area contributed by atoms with Crippen LogP contribution in [0.25, 0.3) is 17.3 Å². The number of rotatable bonds is 9. The van der Waals surface area contributed by atoms with E-state index in [2.05, 4.69) is 15.4 Å². The zero-order chi connectivity index (χ0) is 27.5. The number of nitrogens with one attached hydrogen (secondary N) is 1. The van der Waals surface area contributed by atoms with Crippen molar-refractivity contribution in [2.24, 2.45) is 0 Å². The van der Waals surface area contributed by atoms with Gasteiger partial charge in [-0.2, -0.15) is 18.3 Å². The van der Waals surface area contributed by atoms with Crippen LogP contribution in [-0.4, -0.2) is 68.2 Å². The Labute approximate surface area is 213 Å². The summed E-state index contributed by atoms with van der Waals surface area (Å²) in [5.74, 6) is -5.00. The second-order valence-electron chi connectivity index (χ2n) is 8.97. The quantitative estimate of drug-likeness (QED) is 0.390. The van der Waals surface area contributed by atoms with E-state index in [1.54, 1.807) is 0 Å². The molecular weight excluding hydrogens is 517 g/mol. The maximum absolute atomic E-state index is 13.7. The second-order valence-corrected chi connectivity index (χ2v) is 8.97. The van der Waals surface area contributed by atoms with Crippen LogP contribution in [0.5, 0.6) is 0 Å². The van der Waals surface area contributed by atoms with Gasteiger partial charge in [0.25, 0.3) is 11.8 Å². The number of halogens is 5. The monoisotopic (exact) mass is 541 g/mol. The number of aliphatic carboxylic acids is 1. The van der Waals surface area contributed by atoms with E-state index in [4.69, 9.17) is 4.42 Å². The summed E-state index contributed by atoms with van der Waals surface area (Å²) < 4.78 is 74.6. The van der Waals surface area contributed by atoms with E-state index < -0.39 is 48.5 Å². The van der Waals surface area contributed by atoms with Crippen molar-refractivity contribution >= 4 is 11.9 Å². The topological polar surface area (TPSA) is 113 Å². The smallest absolute Gasteiger partial charge is 0.418 e. The highest BCUT2D eigenvalue weighted by Gasteiger charge is 2.36. The van der Waals surface area contributed by atoms with Gasteiger partial charge < -0.3 is 14.8 Å². The zero-order valence-corrected chi connectivity index (χ0v) is 19.9. The van der Waals surface area contributed by atoms with Gasteiger partial charge in [-0.15, -0.1) is 0 Å². The maximum atomic E-state index is 13.7. The molecule has 14 heteroatoms. The Morgan fingerprint density at radius 2 is 2.00 bits per heavy atom. The van der Waals surface area contributed by atoms with Crippen molar-refractivity contribution in [3.63, 3.8) is 0 Å². The first-order valence-corrected chi connectivity index (χ1v) is 11.7. The minimum atomic E-state index is -4.73. The summed E-state index contributed by atoms with van der Waals surface area (Å²) in [5, 5.41) is 15.9. The number of carbonyl (C=O) groups is 2. The molecule has 0 spiro atoms. The van der Waals surface area contributed by atoms with E-state index in [1.165, 1.54) is 41.6 Å². The first-order valence-electron chi connectivity index (χ1n) is 11.7. The summed E-state index contributed by atoms with van der Waals surface area (Å²) in [5.41, 5.74) is -1.73. The normalized spacial score (nSPS) is 16.8. The molecule has 1 fully saturated rings. The lowest BCUT2D eigenvalue weighted by molar-refractivity contribution is -0.138. The number of aromatic nitrogens is 3. The molecule has 38 heavy (non-hydrogen) atoms. The number of carboxylic acids is 1. The molecule has 2 N–H and O–H groups in total. The molecule has 1 aliphatic heterocycles. The summed E-state index contributed by atoms with van der Waals surface area (Å²) >= 11 is 0. The summed E-state index contributed by atoms with van der Waals surface area (Å²) in [7, 11) is 0. The molecule has 2 aromatic heterocycles. The molecule has 1 saturated heterocycles. The Kier molecular flexibility index (Phi) is 7.81. The number of carbonyl (C=O) groups excluding carboxylic acids is 1. The van der Waals surface area contributed by atoms with E-state index in [-0.39, 0.29) is 42.4 Å². The maximum Gasteiger partial charge on any atom is 0.418 e. The van der Waals surface area contributed by atoms with Gasteiger partial charge >= 0.3 is 12.1 Å². The average molecular weight is 541 g/mol. The summed E-state index contributed by atoms with van der Waals surface area (Å²) in [4.78, 5) is 29.9. The van der Waals surface area contributed by atoms with E-state index in [0.717, 1.165) is 10.7 Å². The number of oxazole rings is 1. The van der Waals surface area contributed by atoms with Gasteiger partial charge in [0, 0.05) is 25.1 Å². The Morgan fingerprint density at radius 3 is 2.66 bits per heavy atom. The lowest BCUT2D eigenvalue weighted by Gasteiger charge is -2.33. The van der Waals surface area contributed by atoms with Crippen LogP contribution in [0.1, 0.15) is 41.7 Å². The average Bonchev–Trinajstić information content (AvgIpc) is 3.51. The van der Waals surface area contributed by atoms with Gasteiger partial charge in [0.2, 0.25) is 5.89 Å². The SMILES string of the molecule is O=C(O)C[C@H](CCN1CCCC(F)(F)C1)NC(=O)c1cc(-c2ncco2)n(-c2ccccc2C(F)(F)F)n1. The molecule has 0 aliphatic carbocycles. The van der Waals surface area contributed by atoms with Crippen molar-refractivity contribution < 1.29 is 41.1 Å². The zero-order valence-electron chi connectivity index (χ0n) is 19.9. The third-order valence-corrected chi connectivity index (χ3v) is 6.05. The van der Waals surface area contributed by atoms with Crippen molar-refractivity contribution in [1.82, 2.24) is 25.0 Å². The molecule has 1 atom stereocenters. The van der Waals surface area contributed by atoms with Crippen LogP contribution in [0.4, 0.5) is 22.0 Å². The number of alkyl halides is 5. The van der Waals surface area contributed by atoms with Gasteiger partial charge in [-0.25, -0.2) is 18.4 Å². The van der Waals surface area contributed by atoms with Gasteiger partial charge in [0.15, 0.2) is 5.69 Å². The standard InChI is InChI=1S/C24H24F5N5O4/c25-23(26)7-3-9-33(14-23)10-6-15(12-20(35)36)31-21(37)17-13-19(22-30-8-11-38-22)34(32-17)18-5-2-1-4-16(18)24(27,28)29/h1-2,4-5,8,11,13,15H,3,6-7,9-10,12,14H2,(H,31,37)(H,35,36)/t15-/m0/s1. The lowest BCUT2D eigenvalue weighted by atomic mass is 10.1. The number of hydrogen-bond acceptors (Lipinski definition) is 6. The second kappa shape index (κ2) is 10.9. The molecule has 4 rings (SSSR count). The number of likely N-dealkylation sites (tertiary alicyclic amines) is 1. The Hall–Kier alpha value is -3.81. The fourth-order valence-corrected chi connectivity index (χ4v) is 4.35. The molecule has 1 aliphatic rings.